The highest BCUT2D eigenvalue weighted by Gasteiger charge is 2.55. The van der Waals surface area contributed by atoms with Gasteiger partial charge in [0.05, 0.1) is 0 Å². The van der Waals surface area contributed by atoms with Crippen LogP contribution in [0.25, 0.3) is 0 Å². The molecule has 1 fully saturated rings. The van der Waals surface area contributed by atoms with E-state index in [-0.39, 0.29) is 5.91 Å². The molecule has 1 saturated carbocycles. The minimum absolute atomic E-state index is 0.310. The van der Waals surface area contributed by atoms with Crippen LogP contribution in [-0.2, 0) is 9.59 Å². The molecule has 0 radical (unpaired) electrons. The molecule has 3 nitrogen and oxygen atoms in total. The van der Waals surface area contributed by atoms with Crippen LogP contribution in [0, 0.1) is 5.41 Å². The second-order valence-electron chi connectivity index (χ2n) is 3.82. The van der Waals surface area contributed by atoms with Gasteiger partial charge >= 0.3 is 0 Å². The fourth-order valence-electron chi connectivity index (χ4n) is 1.42. The average molecular weight is 303 g/mol. The van der Waals surface area contributed by atoms with Crippen LogP contribution in [0.15, 0.2) is 28.7 Å². The van der Waals surface area contributed by atoms with Crippen LogP contribution in [-0.4, -0.2) is 11.1 Å². The molecule has 5 heteroatoms. The summed E-state index contributed by atoms with van der Waals surface area (Å²) in [4.78, 5) is 22.9. The van der Waals surface area contributed by atoms with E-state index < -0.39 is 10.7 Å². The molecule has 1 aliphatic carbocycles. The Kier molecular flexibility index (Phi) is 3.04. The van der Waals surface area contributed by atoms with Crippen molar-refractivity contribution >= 4 is 44.4 Å². The predicted molar refractivity (Wildman–Crippen MR) is 65.3 cm³/mol. The van der Waals surface area contributed by atoms with Gasteiger partial charge in [-0.15, -0.1) is 0 Å². The standard InChI is InChI=1S/C11H9BrClNO2/c12-7-1-3-8(4-2-7)14-10(16)11(5-6-11)9(13)15/h1-4H,5-6H2,(H,14,16). The molecule has 16 heavy (non-hydrogen) atoms. The lowest BCUT2D eigenvalue weighted by molar-refractivity contribution is -0.128. The van der Waals surface area contributed by atoms with Crippen LogP contribution in [0.1, 0.15) is 12.8 Å². The van der Waals surface area contributed by atoms with Crippen molar-refractivity contribution in [2.24, 2.45) is 5.41 Å². The Labute approximate surface area is 106 Å². The molecular weight excluding hydrogens is 293 g/mol. The summed E-state index contributed by atoms with van der Waals surface area (Å²) >= 11 is 8.71. The highest BCUT2D eigenvalue weighted by Crippen LogP contribution is 2.48. The third-order valence-electron chi connectivity index (χ3n) is 2.66. The first-order valence-electron chi connectivity index (χ1n) is 4.81. The number of halogens is 2. The lowest BCUT2D eigenvalue weighted by Gasteiger charge is -2.10. The molecule has 0 heterocycles. The smallest absolute Gasteiger partial charge is 0.239 e. The SMILES string of the molecule is O=C(Cl)C1(C(=O)Nc2ccc(Br)cc2)CC1. The maximum atomic E-state index is 11.8. The normalized spacial score (nSPS) is 16.6. The van der Waals surface area contributed by atoms with Crippen LogP contribution in [0.3, 0.4) is 0 Å². The summed E-state index contributed by atoms with van der Waals surface area (Å²) in [5, 5.41) is 2.12. The predicted octanol–water partition coefficient (Wildman–Crippen LogP) is 2.93. The summed E-state index contributed by atoms with van der Waals surface area (Å²) in [7, 11) is 0. The Balaban J connectivity index is 2.08. The van der Waals surface area contributed by atoms with Crippen LogP contribution in [0.5, 0.6) is 0 Å². The zero-order valence-corrected chi connectivity index (χ0v) is 10.6. The summed E-state index contributed by atoms with van der Waals surface area (Å²) in [6, 6.07) is 7.16. The molecule has 1 aromatic rings. The molecule has 84 valence electrons. The zero-order chi connectivity index (χ0) is 11.8. The van der Waals surface area contributed by atoms with E-state index in [1.54, 1.807) is 12.1 Å². The van der Waals surface area contributed by atoms with E-state index in [0.29, 0.717) is 18.5 Å². The maximum Gasteiger partial charge on any atom is 0.239 e. The number of nitrogens with one attached hydrogen (secondary N) is 1. The highest BCUT2D eigenvalue weighted by molar-refractivity contribution is 9.10. The Morgan fingerprint density at radius 2 is 1.81 bits per heavy atom. The van der Waals surface area contributed by atoms with E-state index in [9.17, 15) is 9.59 Å². The molecule has 0 unspecified atom stereocenters. The number of hydrogen-bond acceptors (Lipinski definition) is 2. The Hall–Kier alpha value is -0.870. The van der Waals surface area contributed by atoms with E-state index in [1.807, 2.05) is 12.1 Å². The van der Waals surface area contributed by atoms with Crippen LogP contribution >= 0.6 is 27.5 Å². The van der Waals surface area contributed by atoms with Gasteiger partial charge < -0.3 is 5.32 Å². The first-order valence-corrected chi connectivity index (χ1v) is 5.99. The minimum Gasteiger partial charge on any atom is -0.325 e. The average Bonchev–Trinajstić information content (AvgIpc) is 3.02. The lowest BCUT2D eigenvalue weighted by atomic mass is 10.1. The van der Waals surface area contributed by atoms with E-state index in [0.717, 1.165) is 4.47 Å². The maximum absolute atomic E-state index is 11.8. The molecule has 0 saturated heterocycles. The molecule has 1 aliphatic rings. The first kappa shape index (κ1) is 11.6. The molecular formula is C11H9BrClNO2. The number of anilines is 1. The monoisotopic (exact) mass is 301 g/mol. The van der Waals surface area contributed by atoms with E-state index in [1.165, 1.54) is 0 Å². The number of hydrogen-bond donors (Lipinski definition) is 1. The quantitative estimate of drug-likeness (QED) is 0.689. The van der Waals surface area contributed by atoms with Gasteiger partial charge in [0.25, 0.3) is 0 Å². The summed E-state index contributed by atoms with van der Waals surface area (Å²) in [6.45, 7) is 0. The number of benzene rings is 1. The number of carbonyl (C=O) groups excluding carboxylic acids is 2. The van der Waals surface area contributed by atoms with Gasteiger partial charge in [-0.05, 0) is 48.7 Å². The third-order valence-corrected chi connectivity index (χ3v) is 3.55. The lowest BCUT2D eigenvalue weighted by Crippen LogP contribution is -2.28. The van der Waals surface area contributed by atoms with Crippen molar-refractivity contribution in [3.63, 3.8) is 0 Å². The van der Waals surface area contributed by atoms with Crippen molar-refractivity contribution < 1.29 is 9.59 Å². The van der Waals surface area contributed by atoms with Gasteiger partial charge in [0, 0.05) is 10.2 Å². The van der Waals surface area contributed by atoms with E-state index >= 15 is 0 Å². The molecule has 1 aromatic carbocycles. The third kappa shape index (κ3) is 2.13. The first-order chi connectivity index (χ1) is 7.54. The molecule has 0 aromatic heterocycles. The van der Waals surface area contributed by atoms with Crippen molar-refractivity contribution in [3.8, 4) is 0 Å². The summed E-state index contributed by atoms with van der Waals surface area (Å²) in [5.74, 6) is -0.310. The van der Waals surface area contributed by atoms with Crippen molar-refractivity contribution in [2.75, 3.05) is 5.32 Å². The van der Waals surface area contributed by atoms with E-state index in [4.69, 9.17) is 11.6 Å². The van der Waals surface area contributed by atoms with Crippen LogP contribution in [0.2, 0.25) is 0 Å². The van der Waals surface area contributed by atoms with Gasteiger partial charge in [0.15, 0.2) is 0 Å². The van der Waals surface area contributed by atoms with Gasteiger partial charge in [-0.1, -0.05) is 15.9 Å². The number of amides is 1. The second-order valence-corrected chi connectivity index (χ2v) is 5.08. The molecule has 0 atom stereocenters. The molecule has 1 amide bonds. The number of rotatable bonds is 3. The molecule has 2 rings (SSSR count). The molecule has 0 spiro atoms. The van der Waals surface area contributed by atoms with Gasteiger partial charge in [-0.3, -0.25) is 9.59 Å². The zero-order valence-electron chi connectivity index (χ0n) is 8.30. The second kappa shape index (κ2) is 4.18. The van der Waals surface area contributed by atoms with Gasteiger partial charge in [0.2, 0.25) is 11.1 Å². The molecule has 0 bridgehead atoms. The minimum atomic E-state index is -0.978. The van der Waals surface area contributed by atoms with Crippen LogP contribution < -0.4 is 5.32 Å². The Bertz CT molecular complexity index is 440. The fraction of sp³-hybridized carbons (Fsp3) is 0.273. The topological polar surface area (TPSA) is 46.2 Å². The summed E-state index contributed by atoms with van der Waals surface area (Å²) < 4.78 is 0.931. The van der Waals surface area contributed by atoms with Crippen molar-refractivity contribution in [1.29, 1.82) is 0 Å². The van der Waals surface area contributed by atoms with Crippen molar-refractivity contribution in [1.82, 2.24) is 0 Å². The van der Waals surface area contributed by atoms with E-state index in [2.05, 4.69) is 21.2 Å². The summed E-state index contributed by atoms with van der Waals surface area (Å²) in [6.07, 6.45) is 1.08. The van der Waals surface area contributed by atoms with Gasteiger partial charge in [-0.25, -0.2) is 0 Å². The van der Waals surface area contributed by atoms with Gasteiger partial charge in [0.1, 0.15) is 5.41 Å². The van der Waals surface area contributed by atoms with Crippen molar-refractivity contribution in [2.45, 2.75) is 12.8 Å². The summed E-state index contributed by atoms with van der Waals surface area (Å²) in [5.41, 5.74) is -0.313. The van der Waals surface area contributed by atoms with Crippen LogP contribution in [0.4, 0.5) is 5.69 Å². The molecule has 1 N–H and O–H groups in total. The van der Waals surface area contributed by atoms with Gasteiger partial charge in [-0.2, -0.15) is 0 Å². The fourth-order valence-corrected chi connectivity index (χ4v) is 1.96. The Morgan fingerprint density at radius 3 is 2.25 bits per heavy atom. The largest absolute Gasteiger partial charge is 0.325 e. The number of carbonyl (C=O) groups is 2. The van der Waals surface area contributed by atoms with Crippen molar-refractivity contribution in [3.05, 3.63) is 28.7 Å². The Morgan fingerprint density at radius 1 is 1.25 bits per heavy atom. The molecule has 0 aliphatic heterocycles. The highest BCUT2D eigenvalue weighted by atomic mass is 79.9.